The van der Waals surface area contributed by atoms with Crippen LogP contribution in [0.3, 0.4) is 0 Å². The highest BCUT2D eigenvalue weighted by atomic mass is 32.2. The second kappa shape index (κ2) is 4.79. The van der Waals surface area contributed by atoms with Gasteiger partial charge in [0.05, 0.1) is 10.1 Å². The molecule has 3 heterocycles. The van der Waals surface area contributed by atoms with Crippen molar-refractivity contribution in [1.29, 1.82) is 0 Å². The Balaban J connectivity index is 1.55. The molecule has 0 aromatic carbocycles. The number of hydrogen-bond acceptors (Lipinski definition) is 4. The lowest BCUT2D eigenvalue weighted by Crippen LogP contribution is -2.42. The summed E-state index contributed by atoms with van der Waals surface area (Å²) >= 11 is 1.45. The van der Waals surface area contributed by atoms with Crippen molar-refractivity contribution in [3.63, 3.8) is 0 Å². The fourth-order valence-corrected chi connectivity index (χ4v) is 6.39. The Morgan fingerprint density at radius 2 is 1.90 bits per heavy atom. The molecule has 2 saturated heterocycles. The van der Waals surface area contributed by atoms with Crippen LogP contribution in [0.1, 0.15) is 35.4 Å². The van der Waals surface area contributed by atoms with Gasteiger partial charge in [-0.1, -0.05) is 6.07 Å². The standard InChI is InChI=1S/C14H18N2O3S2/c17-14(13-2-1-9-20-13)15-7-5-12-11(15)6-8-16(12)21(18,19)10-3-4-10/h1-2,9-12H,3-8H2/t11-,12+/m0/s1. The van der Waals surface area contributed by atoms with Crippen molar-refractivity contribution in [3.05, 3.63) is 22.4 Å². The minimum atomic E-state index is -3.12. The third kappa shape index (κ3) is 2.13. The predicted octanol–water partition coefficient (Wildman–Crippen LogP) is 1.53. The summed E-state index contributed by atoms with van der Waals surface area (Å²) in [6.07, 6.45) is 3.14. The third-order valence-corrected chi connectivity index (χ3v) is 8.07. The van der Waals surface area contributed by atoms with E-state index >= 15 is 0 Å². The molecule has 1 amide bonds. The van der Waals surface area contributed by atoms with Crippen LogP contribution in [0, 0.1) is 0 Å². The molecule has 1 aromatic rings. The fraction of sp³-hybridized carbons (Fsp3) is 0.643. The van der Waals surface area contributed by atoms with Crippen LogP contribution in [0.15, 0.2) is 17.5 Å². The Labute approximate surface area is 128 Å². The van der Waals surface area contributed by atoms with E-state index in [-0.39, 0.29) is 23.2 Å². The van der Waals surface area contributed by atoms with E-state index in [0.717, 1.165) is 30.6 Å². The monoisotopic (exact) mass is 326 g/mol. The van der Waals surface area contributed by atoms with E-state index in [1.165, 1.54) is 11.3 Å². The molecule has 0 unspecified atom stereocenters. The SMILES string of the molecule is O=C(c1cccs1)N1CC[C@@H]2[C@@H]1CCN2S(=O)(=O)C1CC1. The summed E-state index contributed by atoms with van der Waals surface area (Å²) in [5.74, 6) is 0.0585. The summed E-state index contributed by atoms with van der Waals surface area (Å²) < 4.78 is 26.6. The summed E-state index contributed by atoms with van der Waals surface area (Å²) in [5.41, 5.74) is 0. The molecule has 21 heavy (non-hydrogen) atoms. The van der Waals surface area contributed by atoms with E-state index in [1.54, 1.807) is 4.31 Å². The van der Waals surface area contributed by atoms with Gasteiger partial charge < -0.3 is 4.90 Å². The number of fused-ring (bicyclic) bond motifs is 1. The molecule has 2 aliphatic heterocycles. The molecule has 1 aliphatic carbocycles. The summed E-state index contributed by atoms with van der Waals surface area (Å²) in [4.78, 5) is 15.2. The number of nitrogens with zero attached hydrogens (tertiary/aromatic N) is 2. The number of carbonyl (C=O) groups excluding carboxylic acids is 1. The first kappa shape index (κ1) is 13.7. The maximum atomic E-state index is 12.5. The molecule has 0 bridgehead atoms. The van der Waals surface area contributed by atoms with Crippen molar-refractivity contribution in [2.24, 2.45) is 0 Å². The Morgan fingerprint density at radius 3 is 2.57 bits per heavy atom. The topological polar surface area (TPSA) is 57.7 Å². The normalized spacial score (nSPS) is 29.8. The molecule has 3 fully saturated rings. The van der Waals surface area contributed by atoms with Crippen LogP contribution in [-0.2, 0) is 10.0 Å². The van der Waals surface area contributed by atoms with Gasteiger partial charge >= 0.3 is 0 Å². The van der Waals surface area contributed by atoms with Crippen LogP contribution in [0.2, 0.25) is 0 Å². The molecular formula is C14H18N2O3S2. The highest BCUT2D eigenvalue weighted by Gasteiger charge is 2.52. The van der Waals surface area contributed by atoms with Gasteiger partial charge in [-0.3, -0.25) is 4.79 Å². The van der Waals surface area contributed by atoms with Crippen molar-refractivity contribution in [2.75, 3.05) is 13.1 Å². The molecular weight excluding hydrogens is 308 g/mol. The fourth-order valence-electron chi connectivity index (χ4n) is 3.61. The summed E-state index contributed by atoms with van der Waals surface area (Å²) in [7, 11) is -3.12. The molecule has 7 heteroatoms. The van der Waals surface area contributed by atoms with Crippen LogP contribution < -0.4 is 0 Å². The molecule has 1 saturated carbocycles. The molecule has 3 aliphatic rings. The number of sulfonamides is 1. The van der Waals surface area contributed by atoms with Crippen LogP contribution in [0.4, 0.5) is 0 Å². The number of likely N-dealkylation sites (tertiary alicyclic amines) is 1. The van der Waals surface area contributed by atoms with Crippen molar-refractivity contribution in [3.8, 4) is 0 Å². The molecule has 0 N–H and O–H groups in total. The van der Waals surface area contributed by atoms with Gasteiger partial charge in [-0.05, 0) is 37.1 Å². The summed E-state index contributed by atoms with van der Waals surface area (Å²) in [6.45, 7) is 1.24. The van der Waals surface area contributed by atoms with Crippen LogP contribution in [0.5, 0.6) is 0 Å². The van der Waals surface area contributed by atoms with Gasteiger partial charge in [-0.15, -0.1) is 11.3 Å². The van der Waals surface area contributed by atoms with Gasteiger partial charge in [0.2, 0.25) is 10.0 Å². The first-order valence-electron chi connectivity index (χ1n) is 7.44. The molecule has 4 rings (SSSR count). The molecule has 0 spiro atoms. The number of amides is 1. The Morgan fingerprint density at radius 1 is 1.14 bits per heavy atom. The smallest absolute Gasteiger partial charge is 0.264 e. The van der Waals surface area contributed by atoms with E-state index in [9.17, 15) is 13.2 Å². The lowest BCUT2D eigenvalue weighted by Gasteiger charge is -2.25. The van der Waals surface area contributed by atoms with E-state index < -0.39 is 10.0 Å². The second-order valence-electron chi connectivity index (χ2n) is 6.04. The van der Waals surface area contributed by atoms with Crippen LogP contribution in [-0.4, -0.2) is 54.0 Å². The molecule has 1 aromatic heterocycles. The van der Waals surface area contributed by atoms with Gasteiger partial charge in [-0.2, -0.15) is 4.31 Å². The number of carbonyl (C=O) groups is 1. The molecule has 5 nitrogen and oxygen atoms in total. The zero-order chi connectivity index (χ0) is 14.6. The Kier molecular flexibility index (Phi) is 3.13. The highest BCUT2D eigenvalue weighted by Crippen LogP contribution is 2.39. The largest absolute Gasteiger partial charge is 0.333 e. The number of rotatable bonds is 3. The summed E-state index contributed by atoms with van der Waals surface area (Å²) in [5, 5.41) is 1.75. The first-order chi connectivity index (χ1) is 10.1. The van der Waals surface area contributed by atoms with Gasteiger partial charge in [-0.25, -0.2) is 8.42 Å². The third-order valence-electron chi connectivity index (χ3n) is 4.79. The van der Waals surface area contributed by atoms with Crippen molar-refractivity contribution in [2.45, 2.75) is 43.0 Å². The zero-order valence-corrected chi connectivity index (χ0v) is 13.3. The van der Waals surface area contributed by atoms with E-state index in [0.29, 0.717) is 13.1 Å². The van der Waals surface area contributed by atoms with Crippen LogP contribution in [0.25, 0.3) is 0 Å². The molecule has 114 valence electrons. The van der Waals surface area contributed by atoms with Crippen LogP contribution >= 0.6 is 11.3 Å². The molecule has 0 radical (unpaired) electrons. The second-order valence-corrected chi connectivity index (χ2v) is 9.16. The van der Waals surface area contributed by atoms with Gasteiger partial charge in [0.1, 0.15) is 0 Å². The average molecular weight is 326 g/mol. The Bertz CT molecular complexity index is 652. The first-order valence-corrected chi connectivity index (χ1v) is 9.82. The molecule has 2 atom stereocenters. The van der Waals surface area contributed by atoms with Crippen molar-refractivity contribution in [1.82, 2.24) is 9.21 Å². The highest BCUT2D eigenvalue weighted by molar-refractivity contribution is 7.90. The number of hydrogen-bond donors (Lipinski definition) is 0. The van der Waals surface area contributed by atoms with Crippen molar-refractivity contribution >= 4 is 27.3 Å². The maximum Gasteiger partial charge on any atom is 0.264 e. The van der Waals surface area contributed by atoms with E-state index in [2.05, 4.69) is 0 Å². The lowest BCUT2D eigenvalue weighted by atomic mass is 10.1. The minimum Gasteiger partial charge on any atom is -0.333 e. The summed E-state index contributed by atoms with van der Waals surface area (Å²) in [6, 6.07) is 3.78. The Hall–Kier alpha value is -0.920. The lowest BCUT2D eigenvalue weighted by molar-refractivity contribution is 0.0740. The van der Waals surface area contributed by atoms with Gasteiger partial charge in [0, 0.05) is 25.2 Å². The predicted molar refractivity (Wildman–Crippen MR) is 80.8 cm³/mol. The minimum absolute atomic E-state index is 0.000452. The zero-order valence-electron chi connectivity index (χ0n) is 11.6. The van der Waals surface area contributed by atoms with E-state index in [4.69, 9.17) is 0 Å². The van der Waals surface area contributed by atoms with Crippen molar-refractivity contribution < 1.29 is 13.2 Å². The average Bonchev–Trinajstić information content (AvgIpc) is 2.91. The van der Waals surface area contributed by atoms with Gasteiger partial charge in [0.25, 0.3) is 5.91 Å². The quantitative estimate of drug-likeness (QED) is 0.846. The van der Waals surface area contributed by atoms with E-state index in [1.807, 2.05) is 22.4 Å². The van der Waals surface area contributed by atoms with Gasteiger partial charge in [0.15, 0.2) is 0 Å². The maximum absolute atomic E-state index is 12.5. The number of thiophene rings is 1.